The number of carbonyl (C=O) groups excluding carboxylic acids is 1. The second kappa shape index (κ2) is 6.55. The number of esters is 1. The van der Waals surface area contributed by atoms with Gasteiger partial charge in [-0.3, -0.25) is 4.79 Å². The minimum absolute atomic E-state index is 0.119. The number of nitrogens with zero attached hydrogens (tertiary/aromatic N) is 5. The molecule has 1 saturated heterocycles. The van der Waals surface area contributed by atoms with Gasteiger partial charge < -0.3 is 9.64 Å². The molecule has 0 saturated carbocycles. The molecule has 0 amide bonds. The summed E-state index contributed by atoms with van der Waals surface area (Å²) in [5.41, 5.74) is 2.86. The maximum Gasteiger partial charge on any atom is 0.310 e. The van der Waals surface area contributed by atoms with Crippen LogP contribution in [0.25, 0.3) is 16.6 Å². The van der Waals surface area contributed by atoms with E-state index < -0.39 is 0 Å². The highest BCUT2D eigenvalue weighted by Gasteiger charge is 2.29. The molecule has 7 nitrogen and oxygen atoms in total. The zero-order valence-corrected chi connectivity index (χ0v) is 15.4. The SMILES string of the molecule is CCOC(=O)C1CCCN(c2nc3ccc(C)cc3c3nnc(C)n23)C1. The highest BCUT2D eigenvalue weighted by atomic mass is 16.5. The number of aryl methyl sites for hydroxylation is 2. The lowest BCUT2D eigenvalue weighted by Gasteiger charge is -2.32. The first-order valence-corrected chi connectivity index (χ1v) is 9.12. The second-order valence-electron chi connectivity index (χ2n) is 6.88. The van der Waals surface area contributed by atoms with Gasteiger partial charge in [0.05, 0.1) is 18.0 Å². The Bertz CT molecular complexity index is 981. The topological polar surface area (TPSA) is 72.6 Å². The molecule has 2 aromatic heterocycles. The molecular formula is C19H23N5O2. The molecule has 4 rings (SSSR count). The summed E-state index contributed by atoms with van der Waals surface area (Å²) in [7, 11) is 0. The Morgan fingerprint density at radius 3 is 2.96 bits per heavy atom. The van der Waals surface area contributed by atoms with Crippen molar-refractivity contribution in [2.45, 2.75) is 33.6 Å². The van der Waals surface area contributed by atoms with Crippen LogP contribution < -0.4 is 4.90 Å². The second-order valence-corrected chi connectivity index (χ2v) is 6.88. The van der Waals surface area contributed by atoms with E-state index in [9.17, 15) is 4.79 Å². The van der Waals surface area contributed by atoms with Crippen molar-refractivity contribution in [3.05, 3.63) is 29.6 Å². The largest absolute Gasteiger partial charge is 0.466 e. The molecular weight excluding hydrogens is 330 g/mol. The average molecular weight is 353 g/mol. The van der Waals surface area contributed by atoms with Crippen LogP contribution in [0.3, 0.4) is 0 Å². The Kier molecular flexibility index (Phi) is 4.22. The lowest BCUT2D eigenvalue weighted by molar-refractivity contribution is -0.148. The van der Waals surface area contributed by atoms with E-state index in [1.807, 2.05) is 24.3 Å². The van der Waals surface area contributed by atoms with Crippen molar-refractivity contribution in [2.75, 3.05) is 24.6 Å². The molecule has 0 N–H and O–H groups in total. The molecule has 1 aliphatic rings. The lowest BCUT2D eigenvalue weighted by atomic mass is 9.98. The first kappa shape index (κ1) is 16.8. The number of ether oxygens (including phenoxy) is 1. The molecule has 0 bridgehead atoms. The number of anilines is 1. The number of fused-ring (bicyclic) bond motifs is 3. The van der Waals surface area contributed by atoms with Crippen molar-refractivity contribution in [1.29, 1.82) is 0 Å². The fourth-order valence-corrected chi connectivity index (χ4v) is 3.68. The van der Waals surface area contributed by atoms with Gasteiger partial charge in [0.25, 0.3) is 0 Å². The Morgan fingerprint density at radius 1 is 1.31 bits per heavy atom. The maximum atomic E-state index is 12.2. The molecule has 1 unspecified atom stereocenters. The minimum Gasteiger partial charge on any atom is -0.466 e. The van der Waals surface area contributed by atoms with Gasteiger partial charge in [0, 0.05) is 18.5 Å². The van der Waals surface area contributed by atoms with E-state index in [0.29, 0.717) is 13.2 Å². The van der Waals surface area contributed by atoms with Crippen LogP contribution in [0.5, 0.6) is 0 Å². The van der Waals surface area contributed by atoms with Gasteiger partial charge in [0.15, 0.2) is 5.65 Å². The lowest BCUT2D eigenvalue weighted by Crippen LogP contribution is -2.40. The van der Waals surface area contributed by atoms with Crippen molar-refractivity contribution in [3.63, 3.8) is 0 Å². The van der Waals surface area contributed by atoms with Crippen LogP contribution in [0, 0.1) is 19.8 Å². The predicted octanol–water partition coefficient (Wildman–Crippen LogP) is 2.67. The molecule has 1 aliphatic heterocycles. The summed E-state index contributed by atoms with van der Waals surface area (Å²) < 4.78 is 7.22. The van der Waals surface area contributed by atoms with Gasteiger partial charge in [-0.05, 0) is 45.7 Å². The quantitative estimate of drug-likeness (QED) is 0.674. The Morgan fingerprint density at radius 2 is 2.15 bits per heavy atom. The summed E-state index contributed by atoms with van der Waals surface area (Å²) in [4.78, 5) is 19.3. The Balaban J connectivity index is 1.81. The first-order valence-electron chi connectivity index (χ1n) is 9.12. The van der Waals surface area contributed by atoms with Crippen molar-refractivity contribution in [1.82, 2.24) is 19.6 Å². The molecule has 136 valence electrons. The van der Waals surface area contributed by atoms with Crippen molar-refractivity contribution in [3.8, 4) is 0 Å². The third-order valence-electron chi connectivity index (χ3n) is 4.96. The Labute approximate surface area is 152 Å². The van der Waals surface area contributed by atoms with Gasteiger partial charge in [0.1, 0.15) is 5.82 Å². The van der Waals surface area contributed by atoms with E-state index in [1.54, 1.807) is 0 Å². The van der Waals surface area contributed by atoms with Crippen LogP contribution in [-0.4, -0.2) is 45.2 Å². The molecule has 26 heavy (non-hydrogen) atoms. The number of hydrogen-bond acceptors (Lipinski definition) is 6. The number of hydrogen-bond donors (Lipinski definition) is 0. The highest BCUT2D eigenvalue weighted by molar-refractivity contribution is 5.93. The molecule has 0 radical (unpaired) electrons. The minimum atomic E-state index is -0.120. The summed E-state index contributed by atoms with van der Waals surface area (Å²) in [6, 6.07) is 6.16. The van der Waals surface area contributed by atoms with E-state index >= 15 is 0 Å². The average Bonchev–Trinajstić information content (AvgIpc) is 3.04. The summed E-state index contributed by atoms with van der Waals surface area (Å²) in [6.45, 7) is 7.71. The molecule has 1 fully saturated rings. The van der Waals surface area contributed by atoms with Crippen molar-refractivity contribution >= 4 is 28.5 Å². The summed E-state index contributed by atoms with van der Waals surface area (Å²) in [5.74, 6) is 1.36. The van der Waals surface area contributed by atoms with Crippen LogP contribution in [-0.2, 0) is 9.53 Å². The number of piperidine rings is 1. The molecule has 0 aliphatic carbocycles. The third-order valence-corrected chi connectivity index (χ3v) is 4.96. The molecule has 3 aromatic rings. The van der Waals surface area contributed by atoms with E-state index in [1.165, 1.54) is 0 Å². The number of benzene rings is 1. The predicted molar refractivity (Wildman–Crippen MR) is 99.3 cm³/mol. The maximum absolute atomic E-state index is 12.2. The van der Waals surface area contributed by atoms with Crippen molar-refractivity contribution < 1.29 is 9.53 Å². The fraction of sp³-hybridized carbons (Fsp3) is 0.474. The van der Waals surface area contributed by atoms with E-state index in [4.69, 9.17) is 9.72 Å². The van der Waals surface area contributed by atoms with Gasteiger partial charge >= 0.3 is 5.97 Å². The third kappa shape index (κ3) is 2.77. The number of carbonyl (C=O) groups is 1. The van der Waals surface area contributed by atoms with Gasteiger partial charge in [-0.25, -0.2) is 9.38 Å². The highest BCUT2D eigenvalue weighted by Crippen LogP contribution is 2.28. The molecule has 3 heterocycles. The molecule has 7 heteroatoms. The molecule has 1 atom stereocenters. The van der Waals surface area contributed by atoms with E-state index in [-0.39, 0.29) is 11.9 Å². The van der Waals surface area contributed by atoms with E-state index in [2.05, 4.69) is 34.2 Å². The monoisotopic (exact) mass is 353 g/mol. The smallest absolute Gasteiger partial charge is 0.310 e. The van der Waals surface area contributed by atoms with Gasteiger partial charge in [0.2, 0.25) is 5.95 Å². The number of aromatic nitrogens is 4. The van der Waals surface area contributed by atoms with Crippen LogP contribution in [0.4, 0.5) is 5.95 Å². The molecule has 0 spiro atoms. The zero-order chi connectivity index (χ0) is 18.3. The Hall–Kier alpha value is -2.70. The van der Waals surface area contributed by atoms with Crippen LogP contribution in [0.1, 0.15) is 31.2 Å². The summed E-state index contributed by atoms with van der Waals surface area (Å²) in [6.07, 6.45) is 1.78. The van der Waals surface area contributed by atoms with Crippen molar-refractivity contribution in [2.24, 2.45) is 5.92 Å². The normalized spacial score (nSPS) is 17.8. The van der Waals surface area contributed by atoms with Gasteiger partial charge in [-0.2, -0.15) is 0 Å². The first-order chi connectivity index (χ1) is 12.6. The van der Waals surface area contributed by atoms with Crippen LogP contribution >= 0.6 is 0 Å². The summed E-state index contributed by atoms with van der Waals surface area (Å²) >= 11 is 0. The van der Waals surface area contributed by atoms with Crippen LogP contribution in [0.15, 0.2) is 18.2 Å². The van der Waals surface area contributed by atoms with Gasteiger partial charge in [-0.1, -0.05) is 11.6 Å². The molecule has 1 aromatic carbocycles. The summed E-state index contributed by atoms with van der Waals surface area (Å²) in [5, 5.41) is 9.64. The standard InChI is InChI=1S/C19H23N5O2/c1-4-26-18(25)14-6-5-9-23(11-14)19-20-16-8-7-12(2)10-15(16)17-22-21-13(3)24(17)19/h7-8,10,14H,4-6,9,11H2,1-3H3. The number of rotatable bonds is 3. The van der Waals surface area contributed by atoms with E-state index in [0.717, 1.165) is 53.3 Å². The zero-order valence-electron chi connectivity index (χ0n) is 15.4. The van der Waals surface area contributed by atoms with Gasteiger partial charge in [-0.15, -0.1) is 10.2 Å². The fourth-order valence-electron chi connectivity index (χ4n) is 3.68. The van der Waals surface area contributed by atoms with Crippen LogP contribution in [0.2, 0.25) is 0 Å².